The predicted molar refractivity (Wildman–Crippen MR) is 81.2 cm³/mol. The Balaban J connectivity index is 2.26. The number of carbonyl (C=O) groups is 1. The molecule has 3 nitrogen and oxygen atoms in total. The summed E-state index contributed by atoms with van der Waals surface area (Å²) in [4.78, 5) is 14.4. The standard InChI is InChI=1S/C15H22N2OS/c1-4-13-14(18)17(10-9-16-3)15(19-13)12-8-6-5-7-11(12)2/h5-8,13,15-16H,4,9-10H2,1-3H3. The summed E-state index contributed by atoms with van der Waals surface area (Å²) >= 11 is 1.79. The Hall–Kier alpha value is -1.00. The van der Waals surface area contributed by atoms with Crippen LogP contribution in [0.1, 0.15) is 29.8 Å². The zero-order chi connectivity index (χ0) is 13.8. The minimum Gasteiger partial charge on any atom is -0.324 e. The Kier molecular flexibility index (Phi) is 4.88. The fourth-order valence-corrected chi connectivity index (χ4v) is 3.95. The first-order valence-corrected chi connectivity index (χ1v) is 7.79. The average Bonchev–Trinajstić information content (AvgIpc) is 2.73. The third kappa shape index (κ3) is 2.95. The number of carbonyl (C=O) groups excluding carboxylic acids is 1. The normalized spacial score (nSPS) is 23.1. The Labute approximate surface area is 119 Å². The van der Waals surface area contributed by atoms with Gasteiger partial charge in [-0.1, -0.05) is 31.2 Å². The number of nitrogens with one attached hydrogen (secondary N) is 1. The Morgan fingerprint density at radius 1 is 1.37 bits per heavy atom. The number of hydrogen-bond acceptors (Lipinski definition) is 3. The second-order valence-electron chi connectivity index (χ2n) is 4.88. The van der Waals surface area contributed by atoms with E-state index in [0.717, 1.165) is 19.5 Å². The van der Waals surface area contributed by atoms with Gasteiger partial charge in [0.1, 0.15) is 5.37 Å². The van der Waals surface area contributed by atoms with Gasteiger partial charge in [0, 0.05) is 13.1 Å². The molecule has 2 atom stereocenters. The lowest BCUT2D eigenvalue weighted by Crippen LogP contribution is -2.36. The summed E-state index contributed by atoms with van der Waals surface area (Å²) in [6.45, 7) is 5.82. The van der Waals surface area contributed by atoms with Gasteiger partial charge in [-0.2, -0.15) is 0 Å². The van der Waals surface area contributed by atoms with E-state index in [-0.39, 0.29) is 16.5 Å². The molecule has 2 unspecified atom stereocenters. The van der Waals surface area contributed by atoms with E-state index in [1.807, 2.05) is 11.9 Å². The zero-order valence-corrected chi connectivity index (χ0v) is 12.7. The van der Waals surface area contributed by atoms with Crippen LogP contribution in [0, 0.1) is 6.92 Å². The van der Waals surface area contributed by atoms with Crippen molar-refractivity contribution in [1.82, 2.24) is 10.2 Å². The van der Waals surface area contributed by atoms with Crippen LogP contribution in [-0.2, 0) is 4.79 Å². The highest BCUT2D eigenvalue weighted by Gasteiger charge is 2.39. The number of benzene rings is 1. The molecule has 1 amide bonds. The van der Waals surface area contributed by atoms with Gasteiger partial charge in [0.15, 0.2) is 0 Å². The van der Waals surface area contributed by atoms with Crippen molar-refractivity contribution in [3.8, 4) is 0 Å². The lowest BCUT2D eigenvalue weighted by Gasteiger charge is -2.25. The highest BCUT2D eigenvalue weighted by molar-refractivity contribution is 8.01. The maximum atomic E-state index is 12.4. The minimum atomic E-state index is 0.112. The van der Waals surface area contributed by atoms with Gasteiger partial charge in [-0.25, -0.2) is 0 Å². The predicted octanol–water partition coefficient (Wildman–Crippen LogP) is 2.57. The van der Waals surface area contributed by atoms with Crippen LogP contribution in [0.4, 0.5) is 0 Å². The average molecular weight is 278 g/mol. The molecule has 19 heavy (non-hydrogen) atoms. The molecular weight excluding hydrogens is 256 g/mol. The molecule has 0 saturated carbocycles. The van der Waals surface area contributed by atoms with Crippen molar-refractivity contribution in [3.05, 3.63) is 35.4 Å². The Bertz CT molecular complexity index is 450. The van der Waals surface area contributed by atoms with Crippen LogP contribution in [-0.4, -0.2) is 36.2 Å². The SMILES string of the molecule is CCC1SC(c2ccccc2C)N(CCNC)C1=O. The van der Waals surface area contributed by atoms with Crippen molar-refractivity contribution >= 4 is 17.7 Å². The Morgan fingerprint density at radius 3 is 2.74 bits per heavy atom. The number of aryl methyl sites for hydroxylation is 1. The van der Waals surface area contributed by atoms with Crippen molar-refractivity contribution in [2.75, 3.05) is 20.1 Å². The highest BCUT2D eigenvalue weighted by atomic mass is 32.2. The van der Waals surface area contributed by atoms with E-state index < -0.39 is 0 Å². The van der Waals surface area contributed by atoms with Crippen molar-refractivity contribution in [2.24, 2.45) is 0 Å². The van der Waals surface area contributed by atoms with Gasteiger partial charge in [0.2, 0.25) is 5.91 Å². The van der Waals surface area contributed by atoms with Gasteiger partial charge in [-0.3, -0.25) is 4.79 Å². The number of amides is 1. The lowest BCUT2D eigenvalue weighted by atomic mass is 10.1. The molecule has 1 N–H and O–H groups in total. The van der Waals surface area contributed by atoms with Crippen LogP contribution < -0.4 is 5.32 Å². The number of hydrogen-bond donors (Lipinski definition) is 1. The van der Waals surface area contributed by atoms with E-state index in [1.165, 1.54) is 11.1 Å². The van der Waals surface area contributed by atoms with Crippen molar-refractivity contribution < 1.29 is 4.79 Å². The van der Waals surface area contributed by atoms with Crippen LogP contribution in [0.25, 0.3) is 0 Å². The molecule has 1 saturated heterocycles. The van der Waals surface area contributed by atoms with Crippen LogP contribution in [0.2, 0.25) is 0 Å². The quantitative estimate of drug-likeness (QED) is 0.898. The maximum absolute atomic E-state index is 12.4. The summed E-state index contributed by atoms with van der Waals surface area (Å²) < 4.78 is 0. The van der Waals surface area contributed by atoms with Gasteiger partial charge in [-0.05, 0) is 31.5 Å². The molecule has 1 aliphatic heterocycles. The number of likely N-dealkylation sites (N-methyl/N-ethyl adjacent to an activating group) is 1. The molecule has 1 aromatic carbocycles. The van der Waals surface area contributed by atoms with E-state index in [4.69, 9.17) is 0 Å². The smallest absolute Gasteiger partial charge is 0.236 e. The first-order valence-electron chi connectivity index (χ1n) is 6.85. The second kappa shape index (κ2) is 6.44. The lowest BCUT2D eigenvalue weighted by molar-refractivity contribution is -0.130. The van der Waals surface area contributed by atoms with Crippen LogP contribution >= 0.6 is 11.8 Å². The van der Waals surface area contributed by atoms with Gasteiger partial charge >= 0.3 is 0 Å². The number of nitrogens with zero attached hydrogens (tertiary/aromatic N) is 1. The van der Waals surface area contributed by atoms with Crippen molar-refractivity contribution in [1.29, 1.82) is 0 Å². The summed E-state index contributed by atoms with van der Waals surface area (Å²) in [5.74, 6) is 0.288. The third-order valence-electron chi connectivity index (χ3n) is 3.56. The summed E-state index contributed by atoms with van der Waals surface area (Å²) in [5.41, 5.74) is 2.53. The monoisotopic (exact) mass is 278 g/mol. The molecule has 0 aromatic heterocycles. The fraction of sp³-hybridized carbons (Fsp3) is 0.533. The molecule has 0 spiro atoms. The summed E-state index contributed by atoms with van der Waals surface area (Å²) in [7, 11) is 1.92. The molecule has 1 aliphatic rings. The van der Waals surface area contributed by atoms with E-state index in [0.29, 0.717) is 0 Å². The summed E-state index contributed by atoms with van der Waals surface area (Å²) in [6, 6.07) is 8.37. The minimum absolute atomic E-state index is 0.112. The molecule has 0 bridgehead atoms. The summed E-state index contributed by atoms with van der Waals surface area (Å²) in [6.07, 6.45) is 0.905. The number of thioether (sulfide) groups is 1. The van der Waals surface area contributed by atoms with Gasteiger partial charge < -0.3 is 10.2 Å². The highest BCUT2D eigenvalue weighted by Crippen LogP contribution is 2.44. The van der Waals surface area contributed by atoms with E-state index in [2.05, 4.69) is 43.4 Å². The number of rotatable bonds is 5. The van der Waals surface area contributed by atoms with E-state index >= 15 is 0 Å². The molecule has 104 valence electrons. The topological polar surface area (TPSA) is 32.3 Å². The first kappa shape index (κ1) is 14.4. The molecule has 2 rings (SSSR count). The maximum Gasteiger partial charge on any atom is 0.236 e. The molecule has 1 fully saturated rings. The van der Waals surface area contributed by atoms with Gasteiger partial charge in [0.05, 0.1) is 5.25 Å². The fourth-order valence-electron chi connectivity index (χ4n) is 2.42. The zero-order valence-electron chi connectivity index (χ0n) is 11.8. The van der Waals surface area contributed by atoms with Crippen LogP contribution in [0.5, 0.6) is 0 Å². The first-order chi connectivity index (χ1) is 9.19. The molecular formula is C15H22N2OS. The molecule has 1 aromatic rings. The largest absolute Gasteiger partial charge is 0.324 e. The van der Waals surface area contributed by atoms with Gasteiger partial charge in [0.25, 0.3) is 0 Å². The Morgan fingerprint density at radius 2 is 2.11 bits per heavy atom. The second-order valence-corrected chi connectivity index (χ2v) is 6.16. The van der Waals surface area contributed by atoms with Gasteiger partial charge in [-0.15, -0.1) is 11.8 Å². The molecule has 0 aliphatic carbocycles. The third-order valence-corrected chi connectivity index (χ3v) is 5.19. The van der Waals surface area contributed by atoms with E-state index in [9.17, 15) is 4.79 Å². The van der Waals surface area contributed by atoms with Crippen molar-refractivity contribution in [2.45, 2.75) is 30.9 Å². The van der Waals surface area contributed by atoms with Crippen LogP contribution in [0.15, 0.2) is 24.3 Å². The van der Waals surface area contributed by atoms with Crippen LogP contribution in [0.3, 0.4) is 0 Å². The summed E-state index contributed by atoms with van der Waals surface area (Å²) in [5, 5.41) is 3.42. The molecule has 1 heterocycles. The molecule has 0 radical (unpaired) electrons. The molecule has 4 heteroatoms. The van der Waals surface area contributed by atoms with E-state index in [1.54, 1.807) is 11.8 Å². The van der Waals surface area contributed by atoms with Crippen molar-refractivity contribution in [3.63, 3.8) is 0 Å².